The average molecular weight is 393 g/mol. The largest absolute Gasteiger partial charge is 0.483 e. The Bertz CT molecular complexity index is 1020. The van der Waals surface area contributed by atoms with Gasteiger partial charge in [0, 0.05) is 32.5 Å². The van der Waals surface area contributed by atoms with Crippen molar-refractivity contribution in [3.63, 3.8) is 0 Å². The molecule has 0 fully saturated rings. The summed E-state index contributed by atoms with van der Waals surface area (Å²) in [6.07, 6.45) is 4.68. The topological polar surface area (TPSA) is 100 Å². The van der Waals surface area contributed by atoms with E-state index in [1.165, 1.54) is 5.56 Å². The molecule has 0 radical (unpaired) electrons. The molecule has 1 amide bonds. The van der Waals surface area contributed by atoms with E-state index >= 15 is 0 Å². The van der Waals surface area contributed by atoms with Gasteiger partial charge in [-0.3, -0.25) is 9.59 Å². The number of benzene rings is 1. The van der Waals surface area contributed by atoms with Crippen molar-refractivity contribution >= 4 is 18.2 Å². The summed E-state index contributed by atoms with van der Waals surface area (Å²) in [5.74, 6) is 1.66. The van der Waals surface area contributed by atoms with Crippen LogP contribution in [-0.2, 0) is 17.8 Å². The van der Waals surface area contributed by atoms with Gasteiger partial charge < -0.3 is 19.9 Å². The molecule has 0 unspecified atom stereocenters. The normalized spacial score (nSPS) is 12.0. The number of rotatable bonds is 4. The number of fused-ring (bicyclic) bond motifs is 1. The fraction of sp³-hybridized carbons (Fsp3) is 0.238. The van der Waals surface area contributed by atoms with Crippen molar-refractivity contribution in [3.8, 4) is 5.69 Å². The molecule has 0 atom stereocenters. The molecule has 8 nitrogen and oxygen atoms in total. The molecule has 0 saturated carbocycles. The first-order valence-electron chi connectivity index (χ1n) is 9.20. The van der Waals surface area contributed by atoms with Gasteiger partial charge >= 0.3 is 0 Å². The second kappa shape index (κ2) is 9.01. The molecule has 1 aromatic carbocycles. The Morgan fingerprint density at radius 2 is 2.03 bits per heavy atom. The highest BCUT2D eigenvalue weighted by molar-refractivity contribution is 5.92. The third-order valence-electron chi connectivity index (χ3n) is 4.78. The smallest absolute Gasteiger partial charge is 0.290 e. The van der Waals surface area contributed by atoms with Crippen LogP contribution in [0.1, 0.15) is 27.4 Å². The predicted octanol–water partition coefficient (Wildman–Crippen LogP) is 2.20. The van der Waals surface area contributed by atoms with Gasteiger partial charge in [-0.05, 0) is 36.6 Å². The lowest BCUT2D eigenvalue weighted by atomic mass is 10.1. The number of aromatic nitrogens is 3. The van der Waals surface area contributed by atoms with Crippen LogP contribution in [0, 0.1) is 6.92 Å². The monoisotopic (exact) mass is 393 g/mol. The quantitative estimate of drug-likeness (QED) is 0.659. The van der Waals surface area contributed by atoms with Crippen LogP contribution in [0.2, 0.25) is 0 Å². The minimum Gasteiger partial charge on any atom is -0.483 e. The van der Waals surface area contributed by atoms with E-state index in [-0.39, 0.29) is 12.4 Å². The number of carboxylic acid groups (broad SMARTS) is 1. The number of nitrogens with zero attached hydrogens (tertiary/aromatic N) is 4. The van der Waals surface area contributed by atoms with Gasteiger partial charge in [-0.25, -0.2) is 9.97 Å². The van der Waals surface area contributed by atoms with Crippen LogP contribution in [0.4, 0.5) is 5.82 Å². The van der Waals surface area contributed by atoms with Gasteiger partial charge in [0.25, 0.3) is 12.4 Å². The number of pyridine rings is 1. The molecule has 1 aliphatic rings. The van der Waals surface area contributed by atoms with Crippen LogP contribution in [0.5, 0.6) is 0 Å². The number of para-hydroxylation sites is 1. The van der Waals surface area contributed by atoms with E-state index in [4.69, 9.17) is 9.90 Å². The summed E-state index contributed by atoms with van der Waals surface area (Å²) in [5, 5.41) is 9.88. The second-order valence-electron chi connectivity index (χ2n) is 6.61. The lowest BCUT2D eigenvalue weighted by Crippen LogP contribution is -2.25. The molecular weight excluding hydrogens is 370 g/mol. The standard InChI is InChI=1S/C20H21N5O.CH2O2/c1-14-21-10-12-25(14)18-6-4-3-5-16(18)13-22-20(26)17-8-7-15-9-11-24(2)19(15)23-17;2-1-3/h3-8,10,12H,9,11,13H2,1-2H3,(H,22,26);1H,(H,2,3). The van der Waals surface area contributed by atoms with Gasteiger partial charge in [-0.2, -0.15) is 0 Å². The summed E-state index contributed by atoms with van der Waals surface area (Å²) in [7, 11) is 2.00. The maximum atomic E-state index is 12.6. The van der Waals surface area contributed by atoms with E-state index in [0.29, 0.717) is 12.2 Å². The fourth-order valence-electron chi connectivity index (χ4n) is 3.32. The summed E-state index contributed by atoms with van der Waals surface area (Å²) in [5.41, 5.74) is 3.70. The van der Waals surface area contributed by atoms with Gasteiger partial charge in [0.2, 0.25) is 0 Å². The Balaban J connectivity index is 0.000000755. The summed E-state index contributed by atoms with van der Waals surface area (Å²) in [4.78, 5) is 31.8. The number of carbonyl (C=O) groups is 2. The number of anilines is 1. The van der Waals surface area contributed by atoms with E-state index in [2.05, 4.69) is 20.2 Å². The minimum atomic E-state index is -0.250. The van der Waals surface area contributed by atoms with Crippen LogP contribution in [0.15, 0.2) is 48.8 Å². The van der Waals surface area contributed by atoms with Gasteiger partial charge in [0.15, 0.2) is 0 Å². The molecule has 2 aromatic heterocycles. The molecular formula is C21H23N5O3. The van der Waals surface area contributed by atoms with Gasteiger partial charge in [-0.1, -0.05) is 24.3 Å². The number of imidazole rings is 1. The van der Waals surface area contributed by atoms with Crippen LogP contribution in [0.25, 0.3) is 5.69 Å². The van der Waals surface area contributed by atoms with E-state index < -0.39 is 0 Å². The summed E-state index contributed by atoms with van der Waals surface area (Å²) >= 11 is 0. The molecule has 0 saturated heterocycles. The zero-order valence-corrected chi connectivity index (χ0v) is 16.4. The fourth-order valence-corrected chi connectivity index (χ4v) is 3.32. The molecule has 150 valence electrons. The Labute approximate surface area is 168 Å². The maximum Gasteiger partial charge on any atom is 0.290 e. The number of likely N-dealkylation sites (N-methyl/N-ethyl adjacent to an activating group) is 1. The molecule has 0 spiro atoms. The molecule has 4 rings (SSSR count). The predicted molar refractivity (Wildman–Crippen MR) is 109 cm³/mol. The summed E-state index contributed by atoms with van der Waals surface area (Å²) in [6.45, 7) is 3.09. The number of amides is 1. The highest BCUT2D eigenvalue weighted by Crippen LogP contribution is 2.24. The molecule has 2 N–H and O–H groups in total. The number of hydrogen-bond acceptors (Lipinski definition) is 5. The molecule has 0 bridgehead atoms. The van der Waals surface area contributed by atoms with Crippen LogP contribution >= 0.6 is 0 Å². The third-order valence-corrected chi connectivity index (χ3v) is 4.78. The maximum absolute atomic E-state index is 12.6. The Morgan fingerprint density at radius 3 is 2.76 bits per heavy atom. The van der Waals surface area contributed by atoms with Gasteiger partial charge in [-0.15, -0.1) is 0 Å². The minimum absolute atomic E-state index is 0.162. The highest BCUT2D eigenvalue weighted by Gasteiger charge is 2.19. The van der Waals surface area contributed by atoms with Crippen molar-refractivity contribution in [1.82, 2.24) is 19.9 Å². The van der Waals surface area contributed by atoms with E-state index in [1.54, 1.807) is 12.3 Å². The molecule has 1 aliphatic heterocycles. The third kappa shape index (κ3) is 4.43. The Kier molecular flexibility index (Phi) is 6.23. The summed E-state index contributed by atoms with van der Waals surface area (Å²) < 4.78 is 2.02. The van der Waals surface area contributed by atoms with Gasteiger partial charge in [0.1, 0.15) is 17.3 Å². The lowest BCUT2D eigenvalue weighted by Gasteiger charge is -2.14. The number of carbonyl (C=O) groups excluding carboxylic acids is 1. The Hall–Kier alpha value is -3.68. The van der Waals surface area contributed by atoms with Crippen molar-refractivity contribution in [2.24, 2.45) is 0 Å². The average Bonchev–Trinajstić information content (AvgIpc) is 3.32. The highest BCUT2D eigenvalue weighted by atomic mass is 16.3. The SMILES string of the molecule is Cc1nccn1-c1ccccc1CNC(=O)c1ccc2c(n1)N(C)CC2.O=CO. The summed E-state index contributed by atoms with van der Waals surface area (Å²) in [6, 6.07) is 11.8. The first kappa shape index (κ1) is 20.1. The lowest BCUT2D eigenvalue weighted by molar-refractivity contribution is -0.122. The first-order valence-corrected chi connectivity index (χ1v) is 9.20. The second-order valence-corrected chi connectivity index (χ2v) is 6.61. The molecule has 3 aromatic rings. The molecule has 3 heterocycles. The van der Waals surface area contributed by atoms with Crippen molar-refractivity contribution in [1.29, 1.82) is 0 Å². The zero-order valence-electron chi connectivity index (χ0n) is 16.4. The van der Waals surface area contributed by atoms with Crippen molar-refractivity contribution < 1.29 is 14.7 Å². The zero-order chi connectivity index (χ0) is 20.8. The molecule has 29 heavy (non-hydrogen) atoms. The van der Waals surface area contributed by atoms with Crippen LogP contribution in [-0.4, -0.2) is 45.6 Å². The molecule has 0 aliphatic carbocycles. The molecule has 8 heteroatoms. The van der Waals surface area contributed by atoms with Crippen molar-refractivity contribution in [3.05, 3.63) is 71.4 Å². The van der Waals surface area contributed by atoms with Crippen LogP contribution in [0.3, 0.4) is 0 Å². The van der Waals surface area contributed by atoms with Crippen molar-refractivity contribution in [2.45, 2.75) is 19.9 Å². The van der Waals surface area contributed by atoms with E-state index in [9.17, 15) is 4.79 Å². The first-order chi connectivity index (χ1) is 14.0. The van der Waals surface area contributed by atoms with E-state index in [0.717, 1.165) is 35.9 Å². The van der Waals surface area contributed by atoms with Crippen molar-refractivity contribution in [2.75, 3.05) is 18.5 Å². The Morgan fingerprint density at radius 1 is 1.28 bits per heavy atom. The number of hydrogen-bond donors (Lipinski definition) is 2. The number of aryl methyl sites for hydroxylation is 1. The van der Waals surface area contributed by atoms with Crippen LogP contribution < -0.4 is 10.2 Å². The van der Waals surface area contributed by atoms with Gasteiger partial charge in [0.05, 0.1) is 5.69 Å². The number of nitrogens with one attached hydrogen (secondary N) is 1. The van der Waals surface area contributed by atoms with E-state index in [1.807, 2.05) is 55.1 Å².